The molecule has 4 nitrogen and oxygen atoms in total. The lowest BCUT2D eigenvalue weighted by Gasteiger charge is -2.15. The third-order valence-electron chi connectivity index (χ3n) is 3.55. The molecule has 2 aromatic carbocycles. The van der Waals surface area contributed by atoms with E-state index in [4.69, 9.17) is 9.47 Å². The fourth-order valence-electron chi connectivity index (χ4n) is 2.23. The second kappa shape index (κ2) is 7.74. The third kappa shape index (κ3) is 4.29. The summed E-state index contributed by atoms with van der Waals surface area (Å²) in [6.45, 7) is 2.31. The second-order valence-corrected chi connectivity index (χ2v) is 5.22. The number of benzene rings is 2. The Morgan fingerprint density at radius 1 is 1.17 bits per heavy atom. The summed E-state index contributed by atoms with van der Waals surface area (Å²) in [6.07, 6.45) is 0. The first-order chi connectivity index (χ1) is 11.0. The molecule has 0 aromatic heterocycles. The fourth-order valence-corrected chi connectivity index (χ4v) is 2.23. The van der Waals surface area contributed by atoms with Crippen LogP contribution >= 0.6 is 0 Å². The van der Waals surface area contributed by atoms with E-state index >= 15 is 0 Å². The number of ether oxygens (including phenoxy) is 2. The zero-order chi connectivity index (χ0) is 16.8. The van der Waals surface area contributed by atoms with Crippen LogP contribution in [0.1, 0.15) is 34.5 Å². The van der Waals surface area contributed by atoms with Crippen LogP contribution in [0.3, 0.4) is 0 Å². The Morgan fingerprint density at radius 3 is 2.43 bits per heavy atom. The van der Waals surface area contributed by atoms with Crippen molar-refractivity contribution < 1.29 is 18.7 Å². The van der Waals surface area contributed by atoms with Gasteiger partial charge in [-0.05, 0) is 42.3 Å². The fraction of sp³-hybridized carbons (Fsp3) is 0.278. The van der Waals surface area contributed by atoms with Crippen LogP contribution < -0.4 is 10.1 Å². The summed E-state index contributed by atoms with van der Waals surface area (Å²) < 4.78 is 23.7. The number of amides is 1. The molecule has 0 fully saturated rings. The monoisotopic (exact) mass is 317 g/mol. The van der Waals surface area contributed by atoms with E-state index in [2.05, 4.69) is 5.32 Å². The van der Waals surface area contributed by atoms with E-state index in [-0.39, 0.29) is 17.7 Å². The average Bonchev–Trinajstić information content (AvgIpc) is 2.55. The summed E-state index contributed by atoms with van der Waals surface area (Å²) in [5, 5.41) is 2.85. The molecule has 0 saturated heterocycles. The minimum absolute atomic E-state index is 0.181. The molecule has 0 saturated carbocycles. The van der Waals surface area contributed by atoms with Gasteiger partial charge in [-0.3, -0.25) is 4.79 Å². The molecule has 0 heterocycles. The van der Waals surface area contributed by atoms with Crippen LogP contribution in [-0.4, -0.2) is 20.1 Å². The lowest BCUT2D eigenvalue weighted by Crippen LogP contribution is -2.26. The number of hydrogen-bond acceptors (Lipinski definition) is 3. The number of rotatable bonds is 6. The summed E-state index contributed by atoms with van der Waals surface area (Å²) in [6, 6.07) is 11.5. The number of carbonyl (C=O) groups is 1. The Balaban J connectivity index is 2.05. The smallest absolute Gasteiger partial charge is 0.251 e. The van der Waals surface area contributed by atoms with Crippen molar-refractivity contribution in [3.8, 4) is 5.75 Å². The molecule has 1 amide bonds. The molecular formula is C18H20FNO3. The maximum Gasteiger partial charge on any atom is 0.251 e. The summed E-state index contributed by atoms with van der Waals surface area (Å²) >= 11 is 0. The van der Waals surface area contributed by atoms with Gasteiger partial charge in [-0.2, -0.15) is 0 Å². The number of carbonyl (C=O) groups excluding carboxylic acids is 1. The summed E-state index contributed by atoms with van der Waals surface area (Å²) in [5.41, 5.74) is 2.22. The van der Waals surface area contributed by atoms with Crippen LogP contribution in [0.2, 0.25) is 0 Å². The normalized spacial score (nSPS) is 11.8. The van der Waals surface area contributed by atoms with Crippen LogP contribution in [-0.2, 0) is 11.3 Å². The minimum Gasteiger partial charge on any atom is -0.494 e. The molecule has 0 unspecified atom stereocenters. The van der Waals surface area contributed by atoms with Gasteiger partial charge >= 0.3 is 0 Å². The maximum absolute atomic E-state index is 13.7. The van der Waals surface area contributed by atoms with Crippen LogP contribution in [0.25, 0.3) is 0 Å². The van der Waals surface area contributed by atoms with Crippen LogP contribution in [0.5, 0.6) is 5.75 Å². The third-order valence-corrected chi connectivity index (χ3v) is 3.55. The first kappa shape index (κ1) is 17.0. The quantitative estimate of drug-likeness (QED) is 0.887. The largest absolute Gasteiger partial charge is 0.494 e. The maximum atomic E-state index is 13.7. The molecule has 2 aromatic rings. The van der Waals surface area contributed by atoms with Crippen molar-refractivity contribution in [3.05, 3.63) is 65.0 Å². The predicted molar refractivity (Wildman–Crippen MR) is 86.0 cm³/mol. The SMILES string of the molecule is COCc1ccc(C(=O)N[C@H](C)c2ccc(OC)c(F)c2)cc1. The molecule has 0 radical (unpaired) electrons. The van der Waals surface area contributed by atoms with Gasteiger partial charge in [0.15, 0.2) is 11.6 Å². The molecule has 0 aliphatic carbocycles. The van der Waals surface area contributed by atoms with Crippen molar-refractivity contribution >= 4 is 5.91 Å². The predicted octanol–water partition coefficient (Wildman–Crippen LogP) is 3.47. The zero-order valence-electron chi connectivity index (χ0n) is 13.4. The first-order valence-electron chi connectivity index (χ1n) is 7.27. The van der Waals surface area contributed by atoms with Gasteiger partial charge < -0.3 is 14.8 Å². The molecule has 0 spiro atoms. The van der Waals surface area contributed by atoms with Crippen molar-refractivity contribution in [2.24, 2.45) is 0 Å². The Hall–Kier alpha value is -2.40. The molecule has 5 heteroatoms. The molecule has 1 atom stereocenters. The summed E-state index contributed by atoms with van der Waals surface area (Å²) in [4.78, 5) is 12.2. The van der Waals surface area contributed by atoms with Crippen molar-refractivity contribution in [3.63, 3.8) is 0 Å². The average molecular weight is 317 g/mol. The molecule has 0 aliphatic heterocycles. The molecule has 23 heavy (non-hydrogen) atoms. The number of halogens is 1. The van der Waals surface area contributed by atoms with E-state index in [0.29, 0.717) is 17.7 Å². The Bertz CT molecular complexity index is 670. The Morgan fingerprint density at radius 2 is 1.87 bits per heavy atom. The van der Waals surface area contributed by atoms with Crippen molar-refractivity contribution in [1.82, 2.24) is 5.32 Å². The van der Waals surface area contributed by atoms with Gasteiger partial charge in [0.05, 0.1) is 19.8 Å². The van der Waals surface area contributed by atoms with Crippen molar-refractivity contribution in [2.45, 2.75) is 19.6 Å². The van der Waals surface area contributed by atoms with Gasteiger partial charge in [0.2, 0.25) is 0 Å². The highest BCUT2D eigenvalue weighted by atomic mass is 19.1. The molecule has 2 rings (SSSR count). The van der Waals surface area contributed by atoms with Gasteiger partial charge in [0, 0.05) is 12.7 Å². The second-order valence-electron chi connectivity index (χ2n) is 5.22. The van der Waals surface area contributed by atoms with Crippen LogP contribution in [0.15, 0.2) is 42.5 Å². The first-order valence-corrected chi connectivity index (χ1v) is 7.27. The molecular weight excluding hydrogens is 297 g/mol. The minimum atomic E-state index is -0.449. The van der Waals surface area contributed by atoms with Crippen molar-refractivity contribution in [2.75, 3.05) is 14.2 Å². The molecule has 1 N–H and O–H groups in total. The van der Waals surface area contributed by atoms with E-state index in [0.717, 1.165) is 5.56 Å². The summed E-state index contributed by atoms with van der Waals surface area (Å²) in [5.74, 6) is -0.478. The lowest BCUT2D eigenvalue weighted by molar-refractivity contribution is 0.0939. The Labute approximate surface area is 135 Å². The Kier molecular flexibility index (Phi) is 5.71. The van der Waals surface area contributed by atoms with Crippen molar-refractivity contribution in [1.29, 1.82) is 0 Å². The number of hydrogen-bond donors (Lipinski definition) is 1. The lowest BCUT2D eigenvalue weighted by atomic mass is 10.1. The van der Waals surface area contributed by atoms with Gasteiger partial charge in [-0.25, -0.2) is 4.39 Å². The highest BCUT2D eigenvalue weighted by Crippen LogP contribution is 2.22. The highest BCUT2D eigenvalue weighted by Gasteiger charge is 2.13. The van der Waals surface area contributed by atoms with Crippen LogP contribution in [0.4, 0.5) is 4.39 Å². The van der Waals surface area contributed by atoms with E-state index < -0.39 is 5.82 Å². The number of nitrogens with one attached hydrogen (secondary N) is 1. The van der Waals surface area contributed by atoms with E-state index in [1.165, 1.54) is 13.2 Å². The molecule has 0 aliphatic rings. The van der Waals surface area contributed by atoms with Gasteiger partial charge in [-0.1, -0.05) is 18.2 Å². The number of methoxy groups -OCH3 is 2. The standard InChI is InChI=1S/C18H20FNO3/c1-12(15-8-9-17(23-3)16(19)10-15)20-18(21)14-6-4-13(5-7-14)11-22-2/h4-10,12H,11H2,1-3H3,(H,20,21)/t12-/m1/s1. The van der Waals surface area contributed by atoms with Gasteiger partial charge in [0.1, 0.15) is 0 Å². The highest BCUT2D eigenvalue weighted by molar-refractivity contribution is 5.94. The molecule has 122 valence electrons. The van der Waals surface area contributed by atoms with Crippen LogP contribution in [0, 0.1) is 5.82 Å². The van der Waals surface area contributed by atoms with E-state index in [1.54, 1.807) is 38.3 Å². The molecule has 0 bridgehead atoms. The summed E-state index contributed by atoms with van der Waals surface area (Å²) in [7, 11) is 3.03. The van der Waals surface area contributed by atoms with Gasteiger partial charge in [-0.15, -0.1) is 0 Å². The topological polar surface area (TPSA) is 47.6 Å². The zero-order valence-corrected chi connectivity index (χ0v) is 13.4. The van der Waals surface area contributed by atoms with E-state index in [9.17, 15) is 9.18 Å². The van der Waals surface area contributed by atoms with Gasteiger partial charge in [0.25, 0.3) is 5.91 Å². The van der Waals surface area contributed by atoms with E-state index in [1.807, 2.05) is 12.1 Å².